The first kappa shape index (κ1) is 12.8. The van der Waals surface area contributed by atoms with Crippen molar-refractivity contribution in [3.63, 3.8) is 0 Å². The zero-order valence-electron chi connectivity index (χ0n) is 10.2. The Balaban J connectivity index is 2.04. The van der Waals surface area contributed by atoms with E-state index in [1.807, 2.05) is 0 Å². The number of carbonyl (C=O) groups excluding carboxylic acids is 1. The number of rotatable bonds is 4. The van der Waals surface area contributed by atoms with Gasteiger partial charge in [0.15, 0.2) is 0 Å². The molecule has 0 aliphatic carbocycles. The number of aromatic nitrogens is 4. The van der Waals surface area contributed by atoms with E-state index in [0.29, 0.717) is 5.82 Å². The van der Waals surface area contributed by atoms with Crippen LogP contribution in [-0.4, -0.2) is 25.7 Å². The maximum absolute atomic E-state index is 11.7. The van der Waals surface area contributed by atoms with Crippen LogP contribution in [0.15, 0.2) is 34.1 Å². The van der Waals surface area contributed by atoms with Crippen LogP contribution in [0.2, 0.25) is 0 Å². The summed E-state index contributed by atoms with van der Waals surface area (Å²) in [4.78, 5) is 41.1. The number of imidazole rings is 1. The molecule has 0 aliphatic rings. The summed E-state index contributed by atoms with van der Waals surface area (Å²) in [7, 11) is 0. The second-order valence-electron chi connectivity index (χ2n) is 4.00. The van der Waals surface area contributed by atoms with Crippen molar-refractivity contribution in [3.8, 4) is 0 Å². The van der Waals surface area contributed by atoms with Gasteiger partial charge in [0.2, 0.25) is 5.91 Å². The monoisotopic (exact) mass is 263 g/mol. The van der Waals surface area contributed by atoms with E-state index >= 15 is 0 Å². The van der Waals surface area contributed by atoms with E-state index in [2.05, 4.69) is 20.4 Å². The third-order valence-electron chi connectivity index (χ3n) is 2.50. The average molecular weight is 263 g/mol. The molecule has 19 heavy (non-hydrogen) atoms. The Hall–Kier alpha value is -2.64. The van der Waals surface area contributed by atoms with Crippen LogP contribution in [0.25, 0.3) is 0 Å². The van der Waals surface area contributed by atoms with Crippen LogP contribution in [-0.2, 0) is 11.3 Å². The van der Waals surface area contributed by atoms with Gasteiger partial charge >= 0.3 is 0 Å². The van der Waals surface area contributed by atoms with E-state index in [9.17, 15) is 14.4 Å². The van der Waals surface area contributed by atoms with Gasteiger partial charge in [-0.3, -0.25) is 19.5 Å². The van der Waals surface area contributed by atoms with E-state index in [-0.39, 0.29) is 12.6 Å². The number of hydrogen-bond donors (Lipinski definition) is 3. The molecule has 0 aromatic carbocycles. The van der Waals surface area contributed by atoms with E-state index in [1.165, 1.54) is 0 Å². The number of H-pyrrole nitrogens is 2. The number of hydrogen-bond acceptors (Lipinski definition) is 4. The van der Waals surface area contributed by atoms with Gasteiger partial charge in [-0.25, -0.2) is 9.67 Å². The predicted molar refractivity (Wildman–Crippen MR) is 66.5 cm³/mol. The molecule has 3 N–H and O–H groups in total. The normalized spacial score (nSPS) is 12.1. The quantitative estimate of drug-likeness (QED) is 0.666. The molecule has 0 saturated heterocycles. The summed E-state index contributed by atoms with van der Waals surface area (Å²) >= 11 is 0. The molecule has 2 rings (SSSR count). The molecule has 1 unspecified atom stereocenters. The van der Waals surface area contributed by atoms with Gasteiger partial charge in [0.1, 0.15) is 12.4 Å². The fraction of sp³-hybridized carbons (Fsp3) is 0.273. The van der Waals surface area contributed by atoms with Crippen molar-refractivity contribution in [2.24, 2.45) is 0 Å². The molecule has 2 heterocycles. The van der Waals surface area contributed by atoms with Crippen molar-refractivity contribution >= 4 is 5.91 Å². The summed E-state index contributed by atoms with van der Waals surface area (Å²) in [5.74, 6) is 0.218. The van der Waals surface area contributed by atoms with Crippen LogP contribution in [0.1, 0.15) is 18.8 Å². The highest BCUT2D eigenvalue weighted by atomic mass is 16.2. The lowest BCUT2D eigenvalue weighted by Gasteiger charge is -2.12. The molecule has 0 saturated carbocycles. The maximum Gasteiger partial charge on any atom is 0.265 e. The Labute approximate surface area is 107 Å². The molecule has 8 heteroatoms. The highest BCUT2D eigenvalue weighted by molar-refractivity contribution is 5.75. The van der Waals surface area contributed by atoms with Crippen LogP contribution in [0, 0.1) is 0 Å². The first-order valence-electron chi connectivity index (χ1n) is 5.65. The average Bonchev–Trinajstić information content (AvgIpc) is 2.87. The van der Waals surface area contributed by atoms with E-state index < -0.39 is 17.0 Å². The summed E-state index contributed by atoms with van der Waals surface area (Å²) in [6.45, 7) is 1.51. The van der Waals surface area contributed by atoms with Crippen LogP contribution in [0.4, 0.5) is 0 Å². The summed E-state index contributed by atoms with van der Waals surface area (Å²) < 4.78 is 0.951. The Bertz CT molecular complexity index is 670. The van der Waals surface area contributed by atoms with Crippen molar-refractivity contribution in [1.82, 2.24) is 25.1 Å². The first-order chi connectivity index (χ1) is 9.06. The third-order valence-corrected chi connectivity index (χ3v) is 2.50. The van der Waals surface area contributed by atoms with Crippen LogP contribution in [0.3, 0.4) is 0 Å². The minimum Gasteiger partial charge on any atom is -0.347 e. The number of nitrogens with one attached hydrogen (secondary N) is 3. The van der Waals surface area contributed by atoms with Crippen molar-refractivity contribution in [1.29, 1.82) is 0 Å². The van der Waals surface area contributed by atoms with Crippen molar-refractivity contribution < 1.29 is 4.79 Å². The van der Waals surface area contributed by atoms with Crippen LogP contribution < -0.4 is 16.4 Å². The highest BCUT2D eigenvalue weighted by Gasteiger charge is 2.12. The van der Waals surface area contributed by atoms with E-state index in [0.717, 1.165) is 16.8 Å². The minimum absolute atomic E-state index is 0.250. The molecular weight excluding hydrogens is 250 g/mol. The Kier molecular flexibility index (Phi) is 3.60. The molecule has 0 spiro atoms. The molecule has 100 valence electrons. The molecule has 1 amide bonds. The lowest BCUT2D eigenvalue weighted by Crippen LogP contribution is -2.37. The second kappa shape index (κ2) is 5.34. The van der Waals surface area contributed by atoms with Gasteiger partial charge in [-0.2, -0.15) is 0 Å². The molecule has 0 fully saturated rings. The zero-order valence-corrected chi connectivity index (χ0v) is 10.2. The SMILES string of the molecule is CC(NC(=O)Cn1[nH]c(=O)ccc1=O)c1ncc[nH]1. The van der Waals surface area contributed by atoms with Gasteiger partial charge < -0.3 is 10.3 Å². The summed E-state index contributed by atoms with van der Waals surface area (Å²) in [5.41, 5.74) is -0.883. The fourth-order valence-corrected chi connectivity index (χ4v) is 1.59. The van der Waals surface area contributed by atoms with Gasteiger partial charge in [-0.05, 0) is 6.92 Å². The van der Waals surface area contributed by atoms with E-state index in [1.54, 1.807) is 19.3 Å². The predicted octanol–water partition coefficient (Wildman–Crippen LogP) is -0.863. The van der Waals surface area contributed by atoms with Crippen LogP contribution in [0.5, 0.6) is 0 Å². The van der Waals surface area contributed by atoms with Crippen molar-refractivity contribution in [2.75, 3.05) is 0 Å². The fourth-order valence-electron chi connectivity index (χ4n) is 1.59. The standard InChI is InChI=1S/C11H13N5O3/c1-7(11-12-4-5-13-11)14-9(18)6-16-10(19)3-2-8(17)15-16/h2-5,7H,6H2,1H3,(H,12,13)(H,14,18)(H,15,17). The number of carbonyl (C=O) groups is 1. The highest BCUT2D eigenvalue weighted by Crippen LogP contribution is 2.04. The molecule has 0 aliphatic heterocycles. The Morgan fingerprint density at radius 3 is 2.95 bits per heavy atom. The summed E-state index contributed by atoms with van der Waals surface area (Å²) in [6.07, 6.45) is 3.23. The van der Waals surface area contributed by atoms with Gasteiger partial charge in [0.25, 0.3) is 11.1 Å². The molecule has 0 bridgehead atoms. The first-order valence-corrected chi connectivity index (χ1v) is 5.65. The third kappa shape index (κ3) is 3.18. The number of amides is 1. The zero-order chi connectivity index (χ0) is 13.8. The van der Waals surface area contributed by atoms with Gasteiger partial charge in [-0.15, -0.1) is 0 Å². The van der Waals surface area contributed by atoms with E-state index in [4.69, 9.17) is 0 Å². The topological polar surface area (TPSA) is 113 Å². The second-order valence-corrected chi connectivity index (χ2v) is 4.00. The molecular formula is C11H13N5O3. The largest absolute Gasteiger partial charge is 0.347 e. The lowest BCUT2D eigenvalue weighted by molar-refractivity contribution is -0.122. The van der Waals surface area contributed by atoms with Crippen molar-refractivity contribution in [3.05, 3.63) is 51.1 Å². The summed E-state index contributed by atoms with van der Waals surface area (Å²) in [5, 5.41) is 4.94. The Morgan fingerprint density at radius 1 is 1.47 bits per heavy atom. The Morgan fingerprint density at radius 2 is 2.26 bits per heavy atom. The molecule has 0 radical (unpaired) electrons. The minimum atomic E-state index is -0.444. The molecule has 1 atom stereocenters. The summed E-state index contributed by atoms with van der Waals surface area (Å²) in [6, 6.07) is 1.92. The van der Waals surface area contributed by atoms with Gasteiger partial charge in [0, 0.05) is 24.5 Å². The number of aromatic amines is 2. The molecule has 8 nitrogen and oxygen atoms in total. The number of nitrogens with zero attached hydrogens (tertiary/aromatic N) is 2. The van der Waals surface area contributed by atoms with Crippen molar-refractivity contribution in [2.45, 2.75) is 19.5 Å². The van der Waals surface area contributed by atoms with Gasteiger partial charge in [-0.1, -0.05) is 0 Å². The van der Waals surface area contributed by atoms with Crippen LogP contribution >= 0.6 is 0 Å². The van der Waals surface area contributed by atoms with Gasteiger partial charge in [0.05, 0.1) is 6.04 Å². The lowest BCUT2D eigenvalue weighted by atomic mass is 10.3. The molecule has 2 aromatic rings. The molecule has 2 aromatic heterocycles. The maximum atomic E-state index is 11.7. The smallest absolute Gasteiger partial charge is 0.265 e.